The molecule has 0 heterocycles. The third-order valence-electron chi connectivity index (χ3n) is 3.62. The summed E-state index contributed by atoms with van der Waals surface area (Å²) in [6, 6.07) is 17.0. The lowest BCUT2D eigenvalue weighted by Crippen LogP contribution is -2.31. The molecular formula is C19H23N3O2. The van der Waals surface area contributed by atoms with Crippen molar-refractivity contribution >= 4 is 23.2 Å². The standard InChI is InChI=1S/C19H23N3O2/c1-3-22(17-7-5-4-6-8-17)19(24)13-15-9-11-16(12-10-15)21-18(23)14-20-2/h4-12,20H,3,13-14H2,1-2H3,(H,21,23). The Labute approximate surface area is 142 Å². The molecule has 0 atom stereocenters. The fourth-order valence-electron chi connectivity index (χ4n) is 2.45. The van der Waals surface area contributed by atoms with Crippen LogP contribution < -0.4 is 15.5 Å². The number of hydrogen-bond donors (Lipinski definition) is 2. The second-order valence-corrected chi connectivity index (χ2v) is 5.43. The Bertz CT molecular complexity index is 669. The molecule has 2 rings (SSSR count). The molecule has 0 unspecified atom stereocenters. The summed E-state index contributed by atoms with van der Waals surface area (Å²) in [4.78, 5) is 25.8. The largest absolute Gasteiger partial charge is 0.325 e. The van der Waals surface area contributed by atoms with Gasteiger partial charge in [0, 0.05) is 17.9 Å². The van der Waals surface area contributed by atoms with E-state index in [9.17, 15) is 9.59 Å². The van der Waals surface area contributed by atoms with E-state index < -0.39 is 0 Å². The molecule has 2 aromatic rings. The number of para-hydroxylation sites is 1. The summed E-state index contributed by atoms with van der Waals surface area (Å²) in [7, 11) is 1.72. The molecule has 0 aliphatic carbocycles. The average Bonchev–Trinajstić information content (AvgIpc) is 2.58. The van der Waals surface area contributed by atoms with E-state index in [2.05, 4.69) is 10.6 Å². The summed E-state index contributed by atoms with van der Waals surface area (Å²) in [6.45, 7) is 2.86. The number of hydrogen-bond acceptors (Lipinski definition) is 3. The van der Waals surface area contributed by atoms with Crippen LogP contribution in [0.4, 0.5) is 11.4 Å². The van der Waals surface area contributed by atoms with E-state index in [0.717, 1.165) is 16.9 Å². The number of benzene rings is 2. The minimum absolute atomic E-state index is 0.0515. The van der Waals surface area contributed by atoms with Gasteiger partial charge in [-0.05, 0) is 43.8 Å². The van der Waals surface area contributed by atoms with Gasteiger partial charge in [0.05, 0.1) is 13.0 Å². The Morgan fingerprint density at radius 3 is 2.25 bits per heavy atom. The van der Waals surface area contributed by atoms with Crippen LogP contribution in [0, 0.1) is 0 Å². The molecule has 0 aliphatic rings. The molecule has 0 saturated carbocycles. The molecule has 24 heavy (non-hydrogen) atoms. The van der Waals surface area contributed by atoms with E-state index in [4.69, 9.17) is 0 Å². The SMILES string of the molecule is CCN(C(=O)Cc1ccc(NC(=O)CNC)cc1)c1ccccc1. The van der Waals surface area contributed by atoms with E-state index in [0.29, 0.717) is 13.0 Å². The molecule has 126 valence electrons. The molecule has 0 fully saturated rings. The Hall–Kier alpha value is -2.66. The molecule has 0 spiro atoms. The van der Waals surface area contributed by atoms with Gasteiger partial charge in [-0.3, -0.25) is 9.59 Å². The van der Waals surface area contributed by atoms with Crippen LogP contribution >= 0.6 is 0 Å². The second-order valence-electron chi connectivity index (χ2n) is 5.43. The van der Waals surface area contributed by atoms with Gasteiger partial charge in [0.15, 0.2) is 0 Å². The van der Waals surface area contributed by atoms with Crippen LogP contribution in [0.3, 0.4) is 0 Å². The maximum atomic E-state index is 12.5. The van der Waals surface area contributed by atoms with Crippen LogP contribution in [0.25, 0.3) is 0 Å². The highest BCUT2D eigenvalue weighted by molar-refractivity contribution is 5.95. The first-order valence-electron chi connectivity index (χ1n) is 8.03. The number of anilines is 2. The van der Waals surface area contributed by atoms with Gasteiger partial charge >= 0.3 is 0 Å². The van der Waals surface area contributed by atoms with Crippen molar-refractivity contribution < 1.29 is 9.59 Å². The molecule has 5 nitrogen and oxygen atoms in total. The predicted molar refractivity (Wildman–Crippen MR) is 97.2 cm³/mol. The van der Waals surface area contributed by atoms with Crippen molar-refractivity contribution in [3.63, 3.8) is 0 Å². The van der Waals surface area contributed by atoms with E-state index in [-0.39, 0.29) is 18.4 Å². The van der Waals surface area contributed by atoms with Gasteiger partial charge in [-0.15, -0.1) is 0 Å². The van der Waals surface area contributed by atoms with Gasteiger partial charge in [0.25, 0.3) is 0 Å². The number of carbonyl (C=O) groups excluding carboxylic acids is 2. The van der Waals surface area contributed by atoms with Gasteiger partial charge in [0.1, 0.15) is 0 Å². The Kier molecular flexibility index (Phi) is 6.51. The minimum atomic E-state index is -0.0948. The molecular weight excluding hydrogens is 302 g/mol. The quantitative estimate of drug-likeness (QED) is 0.822. The zero-order chi connectivity index (χ0) is 17.4. The topological polar surface area (TPSA) is 61.4 Å². The van der Waals surface area contributed by atoms with Crippen LogP contribution in [-0.2, 0) is 16.0 Å². The summed E-state index contributed by atoms with van der Waals surface area (Å²) in [5.74, 6) is -0.0433. The van der Waals surface area contributed by atoms with E-state index in [1.54, 1.807) is 11.9 Å². The van der Waals surface area contributed by atoms with Gasteiger partial charge in [-0.1, -0.05) is 30.3 Å². The minimum Gasteiger partial charge on any atom is -0.325 e. The highest BCUT2D eigenvalue weighted by Gasteiger charge is 2.14. The van der Waals surface area contributed by atoms with Crippen LogP contribution in [-0.4, -0.2) is 32.0 Å². The fraction of sp³-hybridized carbons (Fsp3) is 0.263. The molecule has 0 aromatic heterocycles. The Morgan fingerprint density at radius 1 is 1.00 bits per heavy atom. The summed E-state index contributed by atoms with van der Waals surface area (Å²) >= 11 is 0. The van der Waals surface area contributed by atoms with Crippen molar-refractivity contribution in [1.29, 1.82) is 0 Å². The molecule has 2 amide bonds. The molecule has 0 radical (unpaired) electrons. The Balaban J connectivity index is 1.99. The third-order valence-corrected chi connectivity index (χ3v) is 3.62. The van der Waals surface area contributed by atoms with Gasteiger partial charge < -0.3 is 15.5 Å². The number of amides is 2. The summed E-state index contributed by atoms with van der Waals surface area (Å²) in [5.41, 5.74) is 2.55. The zero-order valence-electron chi connectivity index (χ0n) is 14.1. The van der Waals surface area contributed by atoms with Crippen molar-refractivity contribution in [3.8, 4) is 0 Å². The Morgan fingerprint density at radius 2 is 1.67 bits per heavy atom. The zero-order valence-corrected chi connectivity index (χ0v) is 14.1. The number of nitrogens with one attached hydrogen (secondary N) is 2. The summed E-state index contributed by atoms with van der Waals surface area (Å²) in [5, 5.41) is 5.58. The highest BCUT2D eigenvalue weighted by atomic mass is 16.2. The molecule has 2 aromatic carbocycles. The lowest BCUT2D eigenvalue weighted by Gasteiger charge is -2.21. The fourth-order valence-corrected chi connectivity index (χ4v) is 2.45. The van der Waals surface area contributed by atoms with Crippen LogP contribution in [0.2, 0.25) is 0 Å². The van der Waals surface area contributed by atoms with Crippen molar-refractivity contribution in [3.05, 3.63) is 60.2 Å². The van der Waals surface area contributed by atoms with Crippen LogP contribution in [0.5, 0.6) is 0 Å². The van der Waals surface area contributed by atoms with E-state index >= 15 is 0 Å². The van der Waals surface area contributed by atoms with Crippen LogP contribution in [0.15, 0.2) is 54.6 Å². The number of rotatable bonds is 7. The number of nitrogens with zero attached hydrogens (tertiary/aromatic N) is 1. The van der Waals surface area contributed by atoms with E-state index in [1.165, 1.54) is 0 Å². The average molecular weight is 325 g/mol. The number of likely N-dealkylation sites (N-methyl/N-ethyl adjacent to an activating group) is 2. The summed E-state index contributed by atoms with van der Waals surface area (Å²) < 4.78 is 0. The number of carbonyl (C=O) groups is 2. The third kappa shape index (κ3) is 4.93. The van der Waals surface area contributed by atoms with Crippen molar-refractivity contribution in [2.24, 2.45) is 0 Å². The van der Waals surface area contributed by atoms with E-state index in [1.807, 2.05) is 61.5 Å². The second kappa shape index (κ2) is 8.84. The summed E-state index contributed by atoms with van der Waals surface area (Å²) in [6.07, 6.45) is 0.327. The molecule has 0 bridgehead atoms. The first kappa shape index (κ1) is 17.7. The first-order chi connectivity index (χ1) is 11.6. The maximum Gasteiger partial charge on any atom is 0.238 e. The molecule has 0 aliphatic heterocycles. The van der Waals surface area contributed by atoms with Gasteiger partial charge in [-0.2, -0.15) is 0 Å². The first-order valence-corrected chi connectivity index (χ1v) is 8.03. The van der Waals surface area contributed by atoms with Gasteiger partial charge in [-0.25, -0.2) is 0 Å². The van der Waals surface area contributed by atoms with Crippen LogP contribution in [0.1, 0.15) is 12.5 Å². The lowest BCUT2D eigenvalue weighted by molar-refractivity contribution is -0.118. The smallest absolute Gasteiger partial charge is 0.238 e. The lowest BCUT2D eigenvalue weighted by atomic mass is 10.1. The maximum absolute atomic E-state index is 12.5. The normalized spacial score (nSPS) is 10.2. The van der Waals surface area contributed by atoms with Crippen molar-refractivity contribution in [1.82, 2.24) is 5.32 Å². The molecule has 5 heteroatoms. The molecule has 0 saturated heterocycles. The predicted octanol–water partition coefficient (Wildman–Crippen LogP) is 2.44. The molecule has 2 N–H and O–H groups in total. The van der Waals surface area contributed by atoms with Crippen molar-refractivity contribution in [2.45, 2.75) is 13.3 Å². The monoisotopic (exact) mass is 325 g/mol. The van der Waals surface area contributed by atoms with Gasteiger partial charge in [0.2, 0.25) is 11.8 Å². The highest BCUT2D eigenvalue weighted by Crippen LogP contribution is 2.16. The van der Waals surface area contributed by atoms with Crippen molar-refractivity contribution in [2.75, 3.05) is 30.4 Å².